The molecule has 2 aromatic rings. The lowest BCUT2D eigenvalue weighted by Crippen LogP contribution is -2.15. The fraction of sp³-hybridized carbons (Fsp3) is 0.333. The summed E-state index contributed by atoms with van der Waals surface area (Å²) in [5.74, 6) is 0.997. The third-order valence-electron chi connectivity index (χ3n) is 2.44. The SMILES string of the molecule is CC(=O)CSc1nnc(-c2ccco2)n1CCC(N)=O. The van der Waals surface area contributed by atoms with Gasteiger partial charge in [0, 0.05) is 13.0 Å². The summed E-state index contributed by atoms with van der Waals surface area (Å²) in [6.45, 7) is 1.85. The van der Waals surface area contributed by atoms with Crippen molar-refractivity contribution in [1.29, 1.82) is 0 Å². The molecule has 0 bridgehead atoms. The van der Waals surface area contributed by atoms with Crippen LogP contribution in [0.1, 0.15) is 13.3 Å². The summed E-state index contributed by atoms with van der Waals surface area (Å²) < 4.78 is 7.02. The van der Waals surface area contributed by atoms with Crippen molar-refractivity contribution < 1.29 is 14.0 Å². The Bertz CT molecular complexity index is 606. The number of carbonyl (C=O) groups excluding carboxylic acids is 2. The van der Waals surface area contributed by atoms with Crippen LogP contribution in [0.25, 0.3) is 11.6 Å². The molecule has 0 aliphatic carbocycles. The number of thioether (sulfide) groups is 1. The van der Waals surface area contributed by atoms with Gasteiger partial charge < -0.3 is 10.2 Å². The molecule has 0 spiro atoms. The molecule has 8 heteroatoms. The van der Waals surface area contributed by atoms with Crippen molar-refractivity contribution in [1.82, 2.24) is 14.8 Å². The van der Waals surface area contributed by atoms with E-state index in [2.05, 4.69) is 10.2 Å². The van der Waals surface area contributed by atoms with E-state index in [9.17, 15) is 9.59 Å². The van der Waals surface area contributed by atoms with Crippen LogP contribution in [-0.4, -0.2) is 32.2 Å². The van der Waals surface area contributed by atoms with Crippen LogP contribution in [0, 0.1) is 0 Å². The number of hydrogen-bond donors (Lipinski definition) is 1. The van der Waals surface area contributed by atoms with E-state index in [4.69, 9.17) is 10.2 Å². The Kier molecular flexibility index (Phi) is 4.57. The Labute approximate surface area is 119 Å². The van der Waals surface area contributed by atoms with Gasteiger partial charge in [-0.2, -0.15) is 0 Å². The average Bonchev–Trinajstić information content (AvgIpc) is 3.02. The zero-order valence-corrected chi connectivity index (χ0v) is 11.7. The highest BCUT2D eigenvalue weighted by Crippen LogP contribution is 2.24. The highest BCUT2D eigenvalue weighted by atomic mass is 32.2. The molecule has 0 radical (unpaired) electrons. The topological polar surface area (TPSA) is 104 Å². The second-order valence-corrected chi connectivity index (χ2v) is 5.08. The van der Waals surface area contributed by atoms with Crippen LogP contribution in [0.5, 0.6) is 0 Å². The van der Waals surface area contributed by atoms with Gasteiger partial charge in [-0.3, -0.25) is 14.2 Å². The van der Waals surface area contributed by atoms with Gasteiger partial charge in [0.2, 0.25) is 5.91 Å². The third-order valence-corrected chi connectivity index (χ3v) is 3.56. The zero-order chi connectivity index (χ0) is 14.5. The molecule has 2 N–H and O–H groups in total. The molecule has 7 nitrogen and oxygen atoms in total. The predicted octanol–water partition coefficient (Wildman–Crippen LogP) is 1.09. The maximum absolute atomic E-state index is 11.1. The average molecular weight is 294 g/mol. The molecule has 2 heterocycles. The van der Waals surface area contributed by atoms with E-state index in [0.29, 0.717) is 29.0 Å². The summed E-state index contributed by atoms with van der Waals surface area (Å²) in [5.41, 5.74) is 5.17. The van der Waals surface area contributed by atoms with Gasteiger partial charge >= 0.3 is 0 Å². The minimum absolute atomic E-state index is 0.0407. The third kappa shape index (κ3) is 3.47. The first-order valence-corrected chi connectivity index (χ1v) is 6.94. The molecule has 0 aromatic carbocycles. The van der Waals surface area contributed by atoms with Gasteiger partial charge in [-0.25, -0.2) is 0 Å². The normalized spacial score (nSPS) is 10.7. The maximum Gasteiger partial charge on any atom is 0.219 e. The smallest absolute Gasteiger partial charge is 0.219 e. The van der Waals surface area contributed by atoms with Crippen molar-refractivity contribution in [3.05, 3.63) is 18.4 Å². The van der Waals surface area contributed by atoms with E-state index in [1.54, 1.807) is 16.7 Å². The van der Waals surface area contributed by atoms with Gasteiger partial charge in [-0.05, 0) is 19.1 Å². The number of furan rings is 1. The summed E-state index contributed by atoms with van der Waals surface area (Å²) in [6.07, 6.45) is 1.70. The van der Waals surface area contributed by atoms with E-state index in [1.807, 2.05) is 0 Å². The molecule has 0 saturated carbocycles. The van der Waals surface area contributed by atoms with Gasteiger partial charge in [0.25, 0.3) is 0 Å². The Morgan fingerprint density at radius 3 is 2.85 bits per heavy atom. The van der Waals surface area contributed by atoms with E-state index in [0.717, 1.165) is 0 Å². The Balaban J connectivity index is 2.27. The van der Waals surface area contributed by atoms with Gasteiger partial charge in [-0.1, -0.05) is 11.8 Å². The first-order chi connectivity index (χ1) is 9.58. The van der Waals surface area contributed by atoms with Crippen LogP contribution < -0.4 is 5.73 Å². The molecule has 0 aliphatic rings. The minimum Gasteiger partial charge on any atom is -0.461 e. The number of rotatable bonds is 7. The van der Waals surface area contributed by atoms with Crippen molar-refractivity contribution in [3.8, 4) is 11.6 Å². The summed E-state index contributed by atoms with van der Waals surface area (Å²) in [4.78, 5) is 22.0. The molecule has 0 unspecified atom stereocenters. The number of carbonyl (C=O) groups is 2. The van der Waals surface area contributed by atoms with Crippen LogP contribution in [-0.2, 0) is 16.1 Å². The summed E-state index contributed by atoms with van der Waals surface area (Å²) >= 11 is 1.27. The number of aromatic nitrogens is 3. The predicted molar refractivity (Wildman–Crippen MR) is 72.9 cm³/mol. The molecule has 1 amide bonds. The number of nitrogens with two attached hydrogens (primary N) is 1. The van der Waals surface area contributed by atoms with Crippen LogP contribution >= 0.6 is 11.8 Å². The molecule has 20 heavy (non-hydrogen) atoms. The lowest BCUT2D eigenvalue weighted by Gasteiger charge is -2.07. The maximum atomic E-state index is 11.1. The number of nitrogens with zero attached hydrogens (tertiary/aromatic N) is 3. The standard InChI is InChI=1S/C12H14N4O3S/c1-8(17)7-20-12-15-14-11(9-3-2-6-19-9)16(12)5-4-10(13)18/h2-3,6H,4-5,7H2,1H3,(H2,13,18). The largest absolute Gasteiger partial charge is 0.461 e. The van der Waals surface area contributed by atoms with Crippen molar-refractivity contribution in [2.75, 3.05) is 5.75 Å². The van der Waals surface area contributed by atoms with Gasteiger partial charge in [0.15, 0.2) is 16.7 Å². The Morgan fingerprint density at radius 1 is 1.45 bits per heavy atom. The summed E-state index contributed by atoms with van der Waals surface area (Å²) in [7, 11) is 0. The molecule has 0 atom stereocenters. The van der Waals surface area contributed by atoms with Gasteiger partial charge in [0.05, 0.1) is 12.0 Å². The summed E-state index contributed by atoms with van der Waals surface area (Å²) in [5, 5.41) is 8.65. The van der Waals surface area contributed by atoms with E-state index < -0.39 is 5.91 Å². The van der Waals surface area contributed by atoms with Crippen LogP contribution in [0.4, 0.5) is 0 Å². The molecular weight excluding hydrogens is 280 g/mol. The highest BCUT2D eigenvalue weighted by molar-refractivity contribution is 7.99. The van der Waals surface area contributed by atoms with Crippen LogP contribution in [0.2, 0.25) is 0 Å². The van der Waals surface area contributed by atoms with E-state index in [-0.39, 0.29) is 12.2 Å². The quantitative estimate of drug-likeness (QED) is 0.767. The number of ketones is 1. The van der Waals surface area contributed by atoms with Crippen molar-refractivity contribution in [2.45, 2.75) is 25.0 Å². The molecule has 0 aliphatic heterocycles. The van der Waals surface area contributed by atoms with E-state index in [1.165, 1.54) is 24.9 Å². The minimum atomic E-state index is -0.411. The monoisotopic (exact) mass is 294 g/mol. The molecular formula is C12H14N4O3S. The van der Waals surface area contributed by atoms with Crippen molar-refractivity contribution >= 4 is 23.5 Å². The molecule has 0 saturated heterocycles. The molecule has 106 valence electrons. The first kappa shape index (κ1) is 14.3. The van der Waals surface area contributed by atoms with Gasteiger partial charge in [-0.15, -0.1) is 10.2 Å². The second-order valence-electron chi connectivity index (χ2n) is 4.14. The summed E-state index contributed by atoms with van der Waals surface area (Å²) in [6, 6.07) is 3.50. The Morgan fingerprint density at radius 2 is 2.25 bits per heavy atom. The molecule has 2 aromatic heterocycles. The van der Waals surface area contributed by atoms with Crippen molar-refractivity contribution in [3.63, 3.8) is 0 Å². The number of primary amides is 1. The first-order valence-electron chi connectivity index (χ1n) is 5.95. The lowest BCUT2D eigenvalue weighted by atomic mass is 10.3. The lowest BCUT2D eigenvalue weighted by molar-refractivity contribution is -0.118. The molecule has 0 fully saturated rings. The van der Waals surface area contributed by atoms with Gasteiger partial charge in [0.1, 0.15) is 5.78 Å². The number of Topliss-reactive ketones (excluding diaryl/α,β-unsaturated/α-hetero) is 1. The van der Waals surface area contributed by atoms with Crippen LogP contribution in [0.15, 0.2) is 28.0 Å². The molecule has 2 rings (SSSR count). The van der Waals surface area contributed by atoms with Crippen LogP contribution in [0.3, 0.4) is 0 Å². The van der Waals surface area contributed by atoms with E-state index >= 15 is 0 Å². The Hall–Kier alpha value is -2.09. The fourth-order valence-corrected chi connectivity index (χ4v) is 2.34. The number of amides is 1. The second kappa shape index (κ2) is 6.38. The fourth-order valence-electron chi connectivity index (χ4n) is 1.57. The zero-order valence-electron chi connectivity index (χ0n) is 10.9. The number of hydrogen-bond acceptors (Lipinski definition) is 6. The van der Waals surface area contributed by atoms with Crippen molar-refractivity contribution in [2.24, 2.45) is 5.73 Å². The highest BCUT2D eigenvalue weighted by Gasteiger charge is 2.17.